The minimum atomic E-state index is -0.234. The van der Waals surface area contributed by atoms with Gasteiger partial charge in [-0.25, -0.2) is 0 Å². The Labute approximate surface area is 83.0 Å². The highest BCUT2D eigenvalue weighted by molar-refractivity contribution is 5.95. The van der Waals surface area contributed by atoms with E-state index in [2.05, 4.69) is 10.3 Å². The summed E-state index contributed by atoms with van der Waals surface area (Å²) in [6.07, 6.45) is 1.64. The van der Waals surface area contributed by atoms with E-state index < -0.39 is 0 Å². The van der Waals surface area contributed by atoms with Crippen LogP contribution in [-0.4, -0.2) is 28.6 Å². The minimum Gasteiger partial charge on any atom is -0.394 e. The molecular formula is C10H14N2O2. The van der Waals surface area contributed by atoms with Crippen molar-refractivity contribution in [3.05, 3.63) is 29.6 Å². The summed E-state index contributed by atoms with van der Waals surface area (Å²) in [7, 11) is 0. The van der Waals surface area contributed by atoms with Crippen molar-refractivity contribution in [2.75, 3.05) is 6.61 Å². The van der Waals surface area contributed by atoms with Gasteiger partial charge in [-0.2, -0.15) is 0 Å². The van der Waals surface area contributed by atoms with Gasteiger partial charge >= 0.3 is 0 Å². The minimum absolute atomic E-state index is 0.0644. The predicted molar refractivity (Wildman–Crippen MR) is 53.0 cm³/mol. The Morgan fingerprint density at radius 2 is 2.43 bits per heavy atom. The molecule has 1 aromatic heterocycles. The molecular weight excluding hydrogens is 180 g/mol. The first kappa shape index (κ1) is 10.7. The Morgan fingerprint density at radius 3 is 3.00 bits per heavy atom. The number of aryl methyl sites for hydroxylation is 1. The number of carbonyl (C=O) groups is 1. The maximum atomic E-state index is 11.6. The van der Waals surface area contributed by atoms with Crippen LogP contribution in [-0.2, 0) is 0 Å². The van der Waals surface area contributed by atoms with Crippen LogP contribution in [0.2, 0.25) is 0 Å². The van der Waals surface area contributed by atoms with E-state index in [4.69, 9.17) is 5.11 Å². The number of rotatable bonds is 3. The van der Waals surface area contributed by atoms with Crippen molar-refractivity contribution in [1.29, 1.82) is 0 Å². The lowest BCUT2D eigenvalue weighted by atomic mass is 10.2. The zero-order valence-electron chi connectivity index (χ0n) is 8.32. The fraction of sp³-hybridized carbons (Fsp3) is 0.400. The van der Waals surface area contributed by atoms with Crippen molar-refractivity contribution in [2.45, 2.75) is 19.9 Å². The molecule has 1 amide bonds. The van der Waals surface area contributed by atoms with Crippen LogP contribution < -0.4 is 5.32 Å². The lowest BCUT2D eigenvalue weighted by molar-refractivity contribution is 0.0921. The molecule has 0 saturated carbocycles. The third-order valence-electron chi connectivity index (χ3n) is 1.90. The zero-order chi connectivity index (χ0) is 10.6. The van der Waals surface area contributed by atoms with Crippen LogP contribution in [0.1, 0.15) is 23.0 Å². The summed E-state index contributed by atoms with van der Waals surface area (Å²) in [6.45, 7) is 3.45. The molecule has 0 spiro atoms. The highest BCUT2D eigenvalue weighted by Crippen LogP contribution is 2.03. The van der Waals surface area contributed by atoms with Crippen LogP contribution >= 0.6 is 0 Å². The van der Waals surface area contributed by atoms with Gasteiger partial charge in [0.05, 0.1) is 12.2 Å². The fourth-order valence-corrected chi connectivity index (χ4v) is 1.07. The maximum absolute atomic E-state index is 11.6. The van der Waals surface area contributed by atoms with Crippen molar-refractivity contribution < 1.29 is 9.90 Å². The second kappa shape index (κ2) is 4.72. The van der Waals surface area contributed by atoms with Crippen LogP contribution in [0.4, 0.5) is 0 Å². The van der Waals surface area contributed by atoms with Gasteiger partial charge in [0.25, 0.3) is 5.91 Å². The van der Waals surface area contributed by atoms with Crippen LogP contribution in [0.15, 0.2) is 18.3 Å². The van der Waals surface area contributed by atoms with Crippen LogP contribution in [0, 0.1) is 6.92 Å². The Bertz CT molecular complexity index is 326. The number of aliphatic hydroxyl groups excluding tert-OH is 1. The maximum Gasteiger partial charge on any atom is 0.253 e. The number of aromatic nitrogens is 1. The van der Waals surface area contributed by atoms with Gasteiger partial charge in [-0.3, -0.25) is 9.78 Å². The molecule has 1 heterocycles. The lowest BCUT2D eigenvalue weighted by Crippen LogP contribution is -2.35. The first-order chi connectivity index (χ1) is 6.65. The summed E-state index contributed by atoms with van der Waals surface area (Å²) in [5.74, 6) is -0.197. The lowest BCUT2D eigenvalue weighted by Gasteiger charge is -2.11. The molecule has 0 radical (unpaired) electrons. The smallest absolute Gasteiger partial charge is 0.253 e. The molecule has 2 N–H and O–H groups in total. The standard InChI is InChI=1S/C10H14N2O2/c1-7(6-13)12-10(14)9-4-3-5-11-8(9)2/h3-5,7,13H,6H2,1-2H3,(H,12,14)/t7-/m1/s1. The van der Waals surface area contributed by atoms with Crippen molar-refractivity contribution in [1.82, 2.24) is 10.3 Å². The summed E-state index contributed by atoms with van der Waals surface area (Å²) in [5, 5.41) is 11.4. The Kier molecular flexibility index (Phi) is 3.59. The average Bonchev–Trinajstić information content (AvgIpc) is 2.18. The second-order valence-electron chi connectivity index (χ2n) is 3.19. The van der Waals surface area contributed by atoms with Crippen molar-refractivity contribution in [3.63, 3.8) is 0 Å². The molecule has 1 rings (SSSR count). The Hall–Kier alpha value is -1.42. The molecule has 1 aromatic rings. The van der Waals surface area contributed by atoms with Gasteiger partial charge in [0.15, 0.2) is 0 Å². The van der Waals surface area contributed by atoms with Crippen molar-refractivity contribution in [3.8, 4) is 0 Å². The average molecular weight is 194 g/mol. The molecule has 4 nitrogen and oxygen atoms in total. The van der Waals surface area contributed by atoms with Gasteiger partial charge in [0, 0.05) is 17.9 Å². The molecule has 0 aromatic carbocycles. The zero-order valence-corrected chi connectivity index (χ0v) is 8.32. The topological polar surface area (TPSA) is 62.2 Å². The molecule has 76 valence electrons. The fourth-order valence-electron chi connectivity index (χ4n) is 1.07. The van der Waals surface area contributed by atoms with Gasteiger partial charge in [0.1, 0.15) is 0 Å². The van der Waals surface area contributed by atoms with Gasteiger partial charge in [-0.15, -0.1) is 0 Å². The van der Waals surface area contributed by atoms with E-state index in [-0.39, 0.29) is 18.6 Å². The molecule has 1 atom stereocenters. The Balaban J connectivity index is 2.75. The number of carbonyl (C=O) groups excluding carboxylic acids is 1. The quantitative estimate of drug-likeness (QED) is 0.736. The highest BCUT2D eigenvalue weighted by atomic mass is 16.3. The SMILES string of the molecule is Cc1ncccc1C(=O)N[C@H](C)CO. The van der Waals surface area contributed by atoms with Crippen LogP contribution in [0.5, 0.6) is 0 Å². The molecule has 0 aliphatic heterocycles. The molecule has 0 aliphatic carbocycles. The van der Waals surface area contributed by atoms with Gasteiger partial charge in [0.2, 0.25) is 0 Å². The van der Waals surface area contributed by atoms with E-state index in [0.29, 0.717) is 11.3 Å². The van der Waals surface area contributed by atoms with E-state index in [1.807, 2.05) is 0 Å². The van der Waals surface area contributed by atoms with Crippen LogP contribution in [0.25, 0.3) is 0 Å². The third kappa shape index (κ3) is 2.53. The van der Waals surface area contributed by atoms with Gasteiger partial charge < -0.3 is 10.4 Å². The molecule has 14 heavy (non-hydrogen) atoms. The summed E-state index contributed by atoms with van der Waals surface area (Å²) in [6, 6.07) is 3.19. The third-order valence-corrected chi connectivity index (χ3v) is 1.90. The molecule has 0 bridgehead atoms. The molecule has 0 fully saturated rings. The normalized spacial score (nSPS) is 12.2. The van der Waals surface area contributed by atoms with E-state index in [9.17, 15) is 4.79 Å². The van der Waals surface area contributed by atoms with E-state index >= 15 is 0 Å². The van der Waals surface area contributed by atoms with E-state index in [0.717, 1.165) is 0 Å². The number of amides is 1. The highest BCUT2D eigenvalue weighted by Gasteiger charge is 2.10. The number of pyridine rings is 1. The molecule has 0 aliphatic rings. The summed E-state index contributed by atoms with van der Waals surface area (Å²) >= 11 is 0. The van der Waals surface area contributed by atoms with E-state index in [1.54, 1.807) is 32.2 Å². The molecule has 4 heteroatoms. The van der Waals surface area contributed by atoms with Gasteiger partial charge in [-0.1, -0.05) is 0 Å². The van der Waals surface area contributed by atoms with Gasteiger partial charge in [-0.05, 0) is 26.0 Å². The largest absolute Gasteiger partial charge is 0.394 e. The molecule has 0 unspecified atom stereocenters. The number of nitrogens with one attached hydrogen (secondary N) is 1. The molecule has 0 saturated heterocycles. The number of nitrogens with zero attached hydrogens (tertiary/aromatic N) is 1. The summed E-state index contributed by atoms with van der Waals surface area (Å²) in [5.41, 5.74) is 1.24. The first-order valence-corrected chi connectivity index (χ1v) is 4.48. The number of hydrogen-bond acceptors (Lipinski definition) is 3. The van der Waals surface area contributed by atoms with E-state index in [1.165, 1.54) is 0 Å². The van der Waals surface area contributed by atoms with Crippen molar-refractivity contribution >= 4 is 5.91 Å². The van der Waals surface area contributed by atoms with Crippen LogP contribution in [0.3, 0.4) is 0 Å². The predicted octanol–water partition coefficient (Wildman–Crippen LogP) is 0.501. The first-order valence-electron chi connectivity index (χ1n) is 4.48. The number of aliphatic hydroxyl groups is 1. The van der Waals surface area contributed by atoms with Crippen molar-refractivity contribution in [2.24, 2.45) is 0 Å². The second-order valence-corrected chi connectivity index (χ2v) is 3.19. The number of hydrogen-bond donors (Lipinski definition) is 2. The monoisotopic (exact) mass is 194 g/mol. The summed E-state index contributed by atoms with van der Waals surface area (Å²) in [4.78, 5) is 15.6. The summed E-state index contributed by atoms with van der Waals surface area (Å²) < 4.78 is 0. The Morgan fingerprint density at radius 1 is 1.71 bits per heavy atom.